The van der Waals surface area contributed by atoms with Crippen LogP contribution >= 0.6 is 23.1 Å². The Bertz CT molecular complexity index is 785. The van der Waals surface area contributed by atoms with Crippen molar-refractivity contribution in [2.75, 3.05) is 19.5 Å². The number of amides is 1. The van der Waals surface area contributed by atoms with Gasteiger partial charge < -0.3 is 14.5 Å². The molecule has 0 radical (unpaired) electrons. The molecule has 0 spiro atoms. The first-order valence-electron chi connectivity index (χ1n) is 7.66. The van der Waals surface area contributed by atoms with Crippen LogP contribution in [0.2, 0.25) is 0 Å². The summed E-state index contributed by atoms with van der Waals surface area (Å²) in [6.45, 7) is 1.56. The Balaban J connectivity index is 1.62. The van der Waals surface area contributed by atoms with E-state index in [0.29, 0.717) is 24.9 Å². The molecule has 0 aromatic carbocycles. The van der Waals surface area contributed by atoms with Crippen molar-refractivity contribution in [1.82, 2.24) is 20.1 Å². The highest BCUT2D eigenvalue weighted by Gasteiger charge is 2.16. The average molecular weight is 378 g/mol. The molecule has 7 nitrogen and oxygen atoms in total. The maximum Gasteiger partial charge on any atom is 0.230 e. The molecule has 0 aliphatic carbocycles. The maximum absolute atomic E-state index is 12.0. The fraction of sp³-hybridized carbons (Fsp3) is 0.312. The lowest BCUT2D eigenvalue weighted by Crippen LogP contribution is -2.24. The van der Waals surface area contributed by atoms with E-state index in [1.165, 1.54) is 11.8 Å². The number of thiophene rings is 1. The molecule has 25 heavy (non-hydrogen) atoms. The second kappa shape index (κ2) is 8.84. The highest BCUT2D eigenvalue weighted by molar-refractivity contribution is 7.99. The van der Waals surface area contributed by atoms with Gasteiger partial charge in [0.25, 0.3) is 0 Å². The summed E-state index contributed by atoms with van der Waals surface area (Å²) in [5.74, 6) is 1.70. The summed E-state index contributed by atoms with van der Waals surface area (Å²) in [7, 11) is 1.66. The second-order valence-electron chi connectivity index (χ2n) is 5.07. The highest BCUT2D eigenvalue weighted by Crippen LogP contribution is 2.27. The van der Waals surface area contributed by atoms with Crippen molar-refractivity contribution in [3.8, 4) is 10.7 Å². The Morgan fingerprint density at radius 2 is 2.32 bits per heavy atom. The van der Waals surface area contributed by atoms with Gasteiger partial charge in [0.05, 0.1) is 36.6 Å². The number of furan rings is 1. The number of aromatic nitrogens is 3. The highest BCUT2D eigenvalue weighted by atomic mass is 32.2. The maximum atomic E-state index is 12.0. The molecule has 0 saturated heterocycles. The van der Waals surface area contributed by atoms with Gasteiger partial charge in [0, 0.05) is 7.11 Å². The van der Waals surface area contributed by atoms with Gasteiger partial charge in [0.1, 0.15) is 5.76 Å². The molecule has 0 fully saturated rings. The van der Waals surface area contributed by atoms with E-state index in [1.54, 1.807) is 30.8 Å². The fourth-order valence-corrected chi connectivity index (χ4v) is 3.66. The summed E-state index contributed by atoms with van der Waals surface area (Å²) in [5, 5.41) is 14.0. The van der Waals surface area contributed by atoms with Crippen molar-refractivity contribution in [3.05, 3.63) is 41.7 Å². The van der Waals surface area contributed by atoms with Gasteiger partial charge in [-0.25, -0.2) is 0 Å². The lowest BCUT2D eigenvalue weighted by Gasteiger charge is -2.08. The number of thioether (sulfide) groups is 1. The Hall–Kier alpha value is -2.10. The van der Waals surface area contributed by atoms with Crippen LogP contribution in [0.3, 0.4) is 0 Å². The molecule has 1 N–H and O–H groups in total. The second-order valence-corrected chi connectivity index (χ2v) is 6.96. The summed E-state index contributed by atoms with van der Waals surface area (Å²) in [6, 6.07) is 7.59. The largest absolute Gasteiger partial charge is 0.467 e. The normalized spacial score (nSPS) is 10.9. The van der Waals surface area contributed by atoms with Gasteiger partial charge in [-0.05, 0) is 23.6 Å². The molecule has 3 heterocycles. The number of methoxy groups -OCH3 is 1. The Morgan fingerprint density at radius 3 is 3.04 bits per heavy atom. The van der Waals surface area contributed by atoms with Crippen molar-refractivity contribution < 1.29 is 13.9 Å². The summed E-state index contributed by atoms with van der Waals surface area (Å²) >= 11 is 2.96. The van der Waals surface area contributed by atoms with E-state index in [4.69, 9.17) is 9.15 Å². The van der Waals surface area contributed by atoms with Crippen LogP contribution in [0.4, 0.5) is 0 Å². The Kier molecular flexibility index (Phi) is 6.26. The number of hydrogen-bond acceptors (Lipinski definition) is 7. The predicted octanol–water partition coefficient (Wildman–Crippen LogP) is 2.65. The average Bonchev–Trinajstić information content (AvgIpc) is 3.37. The minimum atomic E-state index is -0.0830. The standard InChI is InChI=1S/C16H18N4O3S2/c1-22-8-6-20-15(13-5-3-9-24-13)18-19-16(20)25-11-14(21)17-10-12-4-2-7-23-12/h2-5,7,9H,6,8,10-11H2,1H3,(H,17,21). The first kappa shape index (κ1) is 17.7. The molecule has 0 saturated carbocycles. The van der Waals surface area contributed by atoms with Crippen molar-refractivity contribution in [1.29, 1.82) is 0 Å². The molecular formula is C16H18N4O3S2. The van der Waals surface area contributed by atoms with E-state index in [2.05, 4.69) is 15.5 Å². The summed E-state index contributed by atoms with van der Waals surface area (Å²) in [5.41, 5.74) is 0. The van der Waals surface area contributed by atoms with Crippen LogP contribution < -0.4 is 5.32 Å². The number of carbonyl (C=O) groups is 1. The van der Waals surface area contributed by atoms with Gasteiger partial charge in [-0.15, -0.1) is 21.5 Å². The van der Waals surface area contributed by atoms with E-state index in [0.717, 1.165) is 16.5 Å². The zero-order valence-electron chi connectivity index (χ0n) is 13.7. The molecule has 1 amide bonds. The topological polar surface area (TPSA) is 82.2 Å². The van der Waals surface area contributed by atoms with Crippen LogP contribution in [0.15, 0.2) is 45.5 Å². The first-order valence-corrected chi connectivity index (χ1v) is 9.52. The molecule has 0 aliphatic rings. The van der Waals surface area contributed by atoms with Crippen molar-refractivity contribution in [2.45, 2.75) is 18.2 Å². The molecule has 0 bridgehead atoms. The Morgan fingerprint density at radius 1 is 1.40 bits per heavy atom. The molecule has 9 heteroatoms. The van der Waals surface area contributed by atoms with Crippen molar-refractivity contribution >= 4 is 29.0 Å². The zero-order valence-corrected chi connectivity index (χ0v) is 15.3. The van der Waals surface area contributed by atoms with E-state index < -0.39 is 0 Å². The molecule has 3 rings (SSSR count). The summed E-state index contributed by atoms with van der Waals surface area (Å²) in [4.78, 5) is 13.1. The fourth-order valence-electron chi connectivity index (χ4n) is 2.15. The quantitative estimate of drug-likeness (QED) is 0.577. The van der Waals surface area contributed by atoms with E-state index in [9.17, 15) is 4.79 Å². The number of ether oxygens (including phenoxy) is 1. The third-order valence-corrected chi connectivity index (χ3v) is 5.18. The zero-order chi connectivity index (χ0) is 17.5. The molecule has 3 aromatic heterocycles. The van der Waals surface area contributed by atoms with Crippen LogP contribution in [0.25, 0.3) is 10.7 Å². The number of rotatable bonds is 9. The smallest absolute Gasteiger partial charge is 0.230 e. The summed E-state index contributed by atoms with van der Waals surface area (Å²) < 4.78 is 12.4. The van der Waals surface area contributed by atoms with Gasteiger partial charge in [-0.2, -0.15) is 0 Å². The molecule has 3 aromatic rings. The van der Waals surface area contributed by atoms with Gasteiger partial charge >= 0.3 is 0 Å². The van der Waals surface area contributed by atoms with E-state index >= 15 is 0 Å². The number of nitrogens with zero attached hydrogens (tertiary/aromatic N) is 3. The lowest BCUT2D eigenvalue weighted by molar-refractivity contribution is -0.118. The van der Waals surface area contributed by atoms with Gasteiger partial charge in [0.15, 0.2) is 11.0 Å². The predicted molar refractivity (Wildman–Crippen MR) is 96.5 cm³/mol. The molecule has 0 atom stereocenters. The van der Waals surface area contributed by atoms with E-state index in [-0.39, 0.29) is 11.7 Å². The number of nitrogens with one attached hydrogen (secondary N) is 1. The minimum absolute atomic E-state index is 0.0830. The first-order chi connectivity index (χ1) is 12.3. The monoisotopic (exact) mass is 378 g/mol. The number of carbonyl (C=O) groups excluding carboxylic acids is 1. The SMILES string of the molecule is COCCn1c(SCC(=O)NCc2ccco2)nnc1-c1cccs1. The van der Waals surface area contributed by atoms with Crippen LogP contribution in [-0.4, -0.2) is 40.1 Å². The molecule has 0 unspecified atom stereocenters. The number of hydrogen-bond donors (Lipinski definition) is 1. The van der Waals surface area contributed by atoms with Crippen LogP contribution in [-0.2, 0) is 22.6 Å². The third kappa shape index (κ3) is 4.71. The lowest BCUT2D eigenvalue weighted by atomic mass is 10.4. The van der Waals surface area contributed by atoms with Crippen LogP contribution in [0.1, 0.15) is 5.76 Å². The van der Waals surface area contributed by atoms with Gasteiger partial charge in [0.2, 0.25) is 5.91 Å². The van der Waals surface area contributed by atoms with Crippen molar-refractivity contribution in [2.24, 2.45) is 0 Å². The molecule has 132 valence electrons. The molecule has 0 aliphatic heterocycles. The summed E-state index contributed by atoms with van der Waals surface area (Å²) in [6.07, 6.45) is 1.58. The van der Waals surface area contributed by atoms with Gasteiger partial charge in [-0.3, -0.25) is 9.36 Å². The minimum Gasteiger partial charge on any atom is -0.467 e. The van der Waals surface area contributed by atoms with Crippen LogP contribution in [0, 0.1) is 0 Å². The van der Waals surface area contributed by atoms with E-state index in [1.807, 2.05) is 28.1 Å². The van der Waals surface area contributed by atoms with Crippen LogP contribution in [0.5, 0.6) is 0 Å². The van der Waals surface area contributed by atoms with Gasteiger partial charge in [-0.1, -0.05) is 17.8 Å². The molecular weight excluding hydrogens is 360 g/mol. The Labute approximate surface area is 153 Å². The van der Waals surface area contributed by atoms with Crippen molar-refractivity contribution in [3.63, 3.8) is 0 Å². The third-order valence-electron chi connectivity index (χ3n) is 3.35.